The summed E-state index contributed by atoms with van der Waals surface area (Å²) in [6.07, 6.45) is 5.23. The van der Waals surface area contributed by atoms with Crippen molar-refractivity contribution in [3.8, 4) is 11.3 Å². The molecule has 10 nitrogen and oxygen atoms in total. The maximum absolute atomic E-state index is 11.8. The molecule has 2 aromatic heterocycles. The van der Waals surface area contributed by atoms with Crippen LogP contribution in [0.1, 0.15) is 40.2 Å². The van der Waals surface area contributed by atoms with Crippen molar-refractivity contribution < 1.29 is 19.5 Å². The van der Waals surface area contributed by atoms with Gasteiger partial charge in [0, 0.05) is 31.4 Å². The minimum atomic E-state index is -0.965. The molecule has 3 N–H and O–H groups in total. The molecule has 0 saturated carbocycles. The smallest absolute Gasteiger partial charge is 0.336 e. The third-order valence-corrected chi connectivity index (χ3v) is 7.52. The minimum Gasteiger partial charge on any atom is -0.478 e. The molecule has 11 heteroatoms. The van der Waals surface area contributed by atoms with Gasteiger partial charge in [-0.1, -0.05) is 17.7 Å². The number of nitrogens with one attached hydrogen (secondary N) is 2. The van der Waals surface area contributed by atoms with E-state index in [2.05, 4.69) is 25.5 Å². The molecule has 2 aliphatic heterocycles. The number of carbonyl (C=O) groups is 3. The Labute approximate surface area is 230 Å². The zero-order valence-electron chi connectivity index (χ0n) is 21.4. The highest BCUT2D eigenvalue weighted by Crippen LogP contribution is 2.27. The molecule has 200 valence electrons. The number of anilines is 1. The number of carboxylic acids is 1. The van der Waals surface area contributed by atoms with Crippen molar-refractivity contribution in [1.82, 2.24) is 25.6 Å². The van der Waals surface area contributed by atoms with Gasteiger partial charge in [0.1, 0.15) is 0 Å². The Morgan fingerprint density at radius 2 is 2.00 bits per heavy atom. The van der Waals surface area contributed by atoms with Crippen molar-refractivity contribution in [2.45, 2.75) is 26.3 Å². The van der Waals surface area contributed by atoms with E-state index >= 15 is 0 Å². The molecule has 4 heterocycles. The molecular formula is C28H28N6O4S. The first-order valence-electron chi connectivity index (χ1n) is 12.7. The van der Waals surface area contributed by atoms with Gasteiger partial charge in [-0.15, -0.1) is 0 Å². The number of amides is 2. The largest absolute Gasteiger partial charge is 0.478 e. The number of thioether (sulfide) groups is 1. The fraction of sp³-hybridized carbons (Fsp3) is 0.286. The van der Waals surface area contributed by atoms with Crippen molar-refractivity contribution in [2.24, 2.45) is 5.92 Å². The summed E-state index contributed by atoms with van der Waals surface area (Å²) in [6.45, 7) is 5.01. The lowest BCUT2D eigenvalue weighted by atomic mass is 9.97. The number of piperidine rings is 1. The Hall–Kier alpha value is -4.09. The number of rotatable bonds is 8. The first-order valence-corrected chi connectivity index (χ1v) is 13.5. The summed E-state index contributed by atoms with van der Waals surface area (Å²) in [4.78, 5) is 51.1. The molecule has 1 aromatic carbocycles. The first kappa shape index (κ1) is 26.5. The van der Waals surface area contributed by atoms with Crippen molar-refractivity contribution in [2.75, 3.05) is 24.5 Å². The second-order valence-corrected chi connectivity index (χ2v) is 10.6. The minimum absolute atomic E-state index is 0.245. The molecule has 39 heavy (non-hydrogen) atoms. The van der Waals surface area contributed by atoms with Crippen LogP contribution in [0.5, 0.6) is 0 Å². The zero-order valence-corrected chi connectivity index (χ0v) is 22.2. The number of benzene rings is 1. The Balaban J connectivity index is 1.14. The standard InChI is InChI=1S/C28H28N6O4S/c1-17-5-6-21(26(36)37)22(13-17)23-4-2-3-20(31-23)16-29-15-18-8-11-34(12-9-18)27-30-10-7-19(32-27)14-24-25(35)33-28(38)39-24/h2-7,10,13-14,18,29H,8-9,11-12,15-16H2,1H3,(H,36,37)(H,33,35,38). The fourth-order valence-electron chi connectivity index (χ4n) is 4.68. The van der Waals surface area contributed by atoms with Gasteiger partial charge in [-0.05, 0) is 80.4 Å². The molecule has 5 rings (SSSR count). The predicted octanol–water partition coefficient (Wildman–Crippen LogP) is 3.88. The number of imide groups is 1. The zero-order chi connectivity index (χ0) is 27.4. The summed E-state index contributed by atoms with van der Waals surface area (Å²) in [5.41, 5.74) is 3.95. The van der Waals surface area contributed by atoms with Crippen LogP contribution in [0.4, 0.5) is 10.7 Å². The number of nitrogens with zero attached hydrogens (tertiary/aromatic N) is 4. The number of carbonyl (C=O) groups excluding carboxylic acids is 2. The van der Waals surface area contributed by atoms with Crippen molar-refractivity contribution in [3.05, 3.63) is 76.1 Å². The van der Waals surface area contributed by atoms with E-state index < -0.39 is 11.9 Å². The monoisotopic (exact) mass is 544 g/mol. The van der Waals surface area contributed by atoms with Gasteiger partial charge in [-0.25, -0.2) is 14.8 Å². The van der Waals surface area contributed by atoms with E-state index in [1.807, 2.05) is 31.2 Å². The Morgan fingerprint density at radius 1 is 1.18 bits per heavy atom. The normalized spacial score (nSPS) is 17.1. The van der Waals surface area contributed by atoms with Crippen LogP contribution in [0, 0.1) is 12.8 Å². The Morgan fingerprint density at radius 3 is 2.74 bits per heavy atom. The summed E-state index contributed by atoms with van der Waals surface area (Å²) in [5.74, 6) is -0.258. The van der Waals surface area contributed by atoms with Crippen molar-refractivity contribution in [1.29, 1.82) is 0 Å². The number of hydrogen-bond acceptors (Lipinski definition) is 9. The van der Waals surface area contributed by atoms with Crippen LogP contribution in [-0.2, 0) is 11.3 Å². The van der Waals surface area contributed by atoms with E-state index in [0.717, 1.165) is 55.5 Å². The molecule has 0 bridgehead atoms. The quantitative estimate of drug-likeness (QED) is 0.358. The highest BCUT2D eigenvalue weighted by molar-refractivity contribution is 8.18. The molecule has 0 aliphatic carbocycles. The average molecular weight is 545 g/mol. The van der Waals surface area contributed by atoms with E-state index in [9.17, 15) is 19.5 Å². The number of hydrogen-bond donors (Lipinski definition) is 3. The van der Waals surface area contributed by atoms with E-state index in [0.29, 0.717) is 40.3 Å². The van der Waals surface area contributed by atoms with Crippen LogP contribution >= 0.6 is 11.8 Å². The third-order valence-electron chi connectivity index (χ3n) is 6.71. The third kappa shape index (κ3) is 6.50. The van der Waals surface area contributed by atoms with E-state index in [1.165, 1.54) is 0 Å². The van der Waals surface area contributed by atoms with E-state index in [-0.39, 0.29) is 10.8 Å². The second kappa shape index (κ2) is 11.7. The number of carboxylic acid groups (broad SMARTS) is 1. The fourth-order valence-corrected chi connectivity index (χ4v) is 5.34. The lowest BCUT2D eigenvalue weighted by molar-refractivity contribution is -0.115. The Bertz CT molecular complexity index is 1450. The van der Waals surface area contributed by atoms with Gasteiger partial charge in [0.05, 0.1) is 27.6 Å². The highest BCUT2D eigenvalue weighted by Gasteiger charge is 2.26. The van der Waals surface area contributed by atoms with Gasteiger partial charge in [0.25, 0.3) is 11.1 Å². The summed E-state index contributed by atoms with van der Waals surface area (Å²) >= 11 is 0.870. The SMILES string of the molecule is Cc1ccc(C(=O)O)c(-c2cccc(CNCC3CCN(c4nccc(C=C5SC(=O)NC5=O)n4)CC3)n2)c1. The first-order chi connectivity index (χ1) is 18.9. The molecule has 2 aliphatic rings. The average Bonchev–Trinajstić information content (AvgIpc) is 3.25. The maximum atomic E-state index is 11.8. The van der Waals surface area contributed by atoms with Crippen LogP contribution in [-0.4, -0.2) is 56.8 Å². The van der Waals surface area contributed by atoms with Crippen LogP contribution in [0.2, 0.25) is 0 Å². The van der Waals surface area contributed by atoms with Gasteiger partial charge in [-0.2, -0.15) is 0 Å². The van der Waals surface area contributed by atoms with Gasteiger partial charge in [0.15, 0.2) is 0 Å². The molecule has 2 fully saturated rings. The van der Waals surface area contributed by atoms with E-state index in [4.69, 9.17) is 4.98 Å². The molecule has 0 radical (unpaired) electrons. The number of aryl methyl sites for hydroxylation is 1. The molecule has 2 amide bonds. The summed E-state index contributed by atoms with van der Waals surface area (Å²) < 4.78 is 0. The lowest BCUT2D eigenvalue weighted by Gasteiger charge is -2.32. The van der Waals surface area contributed by atoms with Gasteiger partial charge in [-0.3, -0.25) is 19.9 Å². The maximum Gasteiger partial charge on any atom is 0.336 e. The number of aromatic nitrogens is 3. The lowest BCUT2D eigenvalue weighted by Crippen LogP contribution is -2.38. The molecular weight excluding hydrogens is 516 g/mol. The van der Waals surface area contributed by atoms with Crippen LogP contribution < -0.4 is 15.5 Å². The van der Waals surface area contributed by atoms with Crippen LogP contribution in [0.15, 0.2) is 53.6 Å². The van der Waals surface area contributed by atoms with Crippen molar-refractivity contribution in [3.63, 3.8) is 0 Å². The highest BCUT2D eigenvalue weighted by atomic mass is 32.2. The summed E-state index contributed by atoms with van der Waals surface area (Å²) in [5, 5.41) is 15.0. The molecule has 0 spiro atoms. The summed E-state index contributed by atoms with van der Waals surface area (Å²) in [7, 11) is 0. The van der Waals surface area contributed by atoms with Gasteiger partial charge >= 0.3 is 5.97 Å². The Kier molecular flexibility index (Phi) is 7.99. The van der Waals surface area contributed by atoms with E-state index in [1.54, 1.807) is 30.5 Å². The topological polar surface area (TPSA) is 137 Å². The van der Waals surface area contributed by atoms with Crippen molar-refractivity contribution >= 4 is 40.9 Å². The molecule has 3 aromatic rings. The number of pyridine rings is 1. The van der Waals surface area contributed by atoms with Gasteiger partial charge < -0.3 is 15.3 Å². The molecule has 0 unspecified atom stereocenters. The van der Waals surface area contributed by atoms with Gasteiger partial charge in [0.2, 0.25) is 5.95 Å². The predicted molar refractivity (Wildman–Crippen MR) is 149 cm³/mol. The molecule has 2 saturated heterocycles. The number of aromatic carboxylic acids is 1. The molecule has 0 atom stereocenters. The van der Waals surface area contributed by atoms with Crippen LogP contribution in [0.3, 0.4) is 0 Å². The summed E-state index contributed by atoms with van der Waals surface area (Å²) in [6, 6.07) is 12.7. The van der Waals surface area contributed by atoms with Crippen LogP contribution in [0.25, 0.3) is 17.3 Å². The second-order valence-electron chi connectivity index (χ2n) is 9.56.